The molecule has 1 fully saturated rings. The molecule has 0 bridgehead atoms. The maximum atomic E-state index is 5.70. The summed E-state index contributed by atoms with van der Waals surface area (Å²) in [6, 6.07) is 7.29. The lowest BCUT2D eigenvalue weighted by Gasteiger charge is -2.32. The molecule has 0 amide bonds. The molecule has 3 atom stereocenters. The van der Waals surface area contributed by atoms with Gasteiger partial charge >= 0.3 is 0 Å². The standard InChI is InChI=1S/C15H23BrN2O/c1-10(17-3)13-6-5-12(16)9-15(13)18(4)14-7-8-19-11(14)2/h5-6,9-11,14,17H,7-8H2,1-4H3. The number of nitrogens with zero attached hydrogens (tertiary/aromatic N) is 1. The zero-order valence-corrected chi connectivity index (χ0v) is 13.7. The van der Waals surface area contributed by atoms with Gasteiger partial charge in [-0.05, 0) is 45.0 Å². The van der Waals surface area contributed by atoms with Crippen molar-refractivity contribution in [2.75, 3.05) is 25.6 Å². The Hall–Kier alpha value is -0.580. The fourth-order valence-corrected chi connectivity index (χ4v) is 3.10. The SMILES string of the molecule is CNC(C)c1ccc(Br)cc1N(C)C1CCOC1C. The van der Waals surface area contributed by atoms with Gasteiger partial charge in [-0.15, -0.1) is 0 Å². The van der Waals surface area contributed by atoms with Gasteiger partial charge in [0.15, 0.2) is 0 Å². The van der Waals surface area contributed by atoms with Crippen LogP contribution < -0.4 is 10.2 Å². The second-order valence-electron chi connectivity index (χ2n) is 5.26. The van der Waals surface area contributed by atoms with Crippen LogP contribution in [0, 0.1) is 0 Å². The lowest BCUT2D eigenvalue weighted by Crippen LogP contribution is -2.37. The van der Waals surface area contributed by atoms with Gasteiger partial charge in [0.25, 0.3) is 0 Å². The van der Waals surface area contributed by atoms with E-state index in [1.54, 1.807) is 0 Å². The minimum Gasteiger partial charge on any atom is -0.376 e. The topological polar surface area (TPSA) is 24.5 Å². The van der Waals surface area contributed by atoms with Crippen molar-refractivity contribution in [2.45, 2.75) is 38.5 Å². The summed E-state index contributed by atoms with van der Waals surface area (Å²) < 4.78 is 6.81. The highest BCUT2D eigenvalue weighted by molar-refractivity contribution is 9.10. The molecule has 3 unspecified atom stereocenters. The minimum absolute atomic E-state index is 0.293. The third-order valence-corrected chi connectivity index (χ3v) is 4.60. The molecule has 0 aliphatic carbocycles. The van der Waals surface area contributed by atoms with E-state index in [1.807, 2.05) is 7.05 Å². The molecule has 1 aliphatic rings. The van der Waals surface area contributed by atoms with Crippen LogP contribution in [0.25, 0.3) is 0 Å². The van der Waals surface area contributed by atoms with E-state index in [9.17, 15) is 0 Å². The van der Waals surface area contributed by atoms with Gasteiger partial charge in [0, 0.05) is 29.9 Å². The van der Waals surface area contributed by atoms with Crippen LogP contribution in [0.4, 0.5) is 5.69 Å². The third-order valence-electron chi connectivity index (χ3n) is 4.11. The maximum Gasteiger partial charge on any atom is 0.0750 e. The van der Waals surface area contributed by atoms with Crippen LogP contribution in [-0.4, -0.2) is 32.8 Å². The summed E-state index contributed by atoms with van der Waals surface area (Å²) in [5.41, 5.74) is 2.60. The first-order chi connectivity index (χ1) is 9.04. The molecule has 1 heterocycles. The van der Waals surface area contributed by atoms with Gasteiger partial charge < -0.3 is 15.0 Å². The largest absolute Gasteiger partial charge is 0.376 e. The zero-order valence-electron chi connectivity index (χ0n) is 12.1. The number of benzene rings is 1. The summed E-state index contributed by atoms with van der Waals surface area (Å²) in [5, 5.41) is 3.32. The average molecular weight is 327 g/mol. The fraction of sp³-hybridized carbons (Fsp3) is 0.600. The van der Waals surface area contributed by atoms with E-state index in [-0.39, 0.29) is 0 Å². The van der Waals surface area contributed by atoms with E-state index in [0.29, 0.717) is 18.2 Å². The third kappa shape index (κ3) is 3.12. The monoisotopic (exact) mass is 326 g/mol. The Bertz CT molecular complexity index is 438. The van der Waals surface area contributed by atoms with Crippen molar-refractivity contribution in [1.82, 2.24) is 5.32 Å². The van der Waals surface area contributed by atoms with Crippen LogP contribution in [-0.2, 0) is 4.74 Å². The molecular weight excluding hydrogens is 304 g/mol. The fourth-order valence-electron chi connectivity index (χ4n) is 2.75. The first-order valence-electron chi connectivity index (χ1n) is 6.85. The molecule has 19 heavy (non-hydrogen) atoms. The Kier molecular flexibility index (Phi) is 4.87. The number of rotatable bonds is 4. The second-order valence-corrected chi connectivity index (χ2v) is 6.17. The molecule has 2 rings (SSSR count). The highest BCUT2D eigenvalue weighted by Crippen LogP contribution is 2.32. The van der Waals surface area contributed by atoms with Crippen molar-refractivity contribution in [3.8, 4) is 0 Å². The molecule has 1 aromatic carbocycles. The van der Waals surface area contributed by atoms with Gasteiger partial charge in [-0.1, -0.05) is 22.0 Å². The zero-order chi connectivity index (χ0) is 14.0. The molecule has 0 saturated carbocycles. The smallest absolute Gasteiger partial charge is 0.0750 e. The molecule has 0 radical (unpaired) electrons. The number of anilines is 1. The van der Waals surface area contributed by atoms with E-state index in [2.05, 4.69) is 65.2 Å². The Morgan fingerprint density at radius 3 is 2.79 bits per heavy atom. The Morgan fingerprint density at radius 2 is 2.21 bits per heavy atom. The van der Waals surface area contributed by atoms with Crippen molar-refractivity contribution in [1.29, 1.82) is 0 Å². The van der Waals surface area contributed by atoms with E-state index < -0.39 is 0 Å². The first kappa shape index (κ1) is 14.8. The van der Waals surface area contributed by atoms with Crippen molar-refractivity contribution in [2.24, 2.45) is 0 Å². The van der Waals surface area contributed by atoms with Crippen molar-refractivity contribution >= 4 is 21.6 Å². The van der Waals surface area contributed by atoms with Crippen LogP contribution in [0.5, 0.6) is 0 Å². The summed E-state index contributed by atoms with van der Waals surface area (Å²) in [6.07, 6.45) is 1.39. The lowest BCUT2D eigenvalue weighted by atomic mass is 10.0. The number of ether oxygens (including phenoxy) is 1. The minimum atomic E-state index is 0.293. The van der Waals surface area contributed by atoms with Gasteiger partial charge in [-0.2, -0.15) is 0 Å². The quantitative estimate of drug-likeness (QED) is 0.918. The van der Waals surface area contributed by atoms with Crippen molar-refractivity contribution in [3.63, 3.8) is 0 Å². The normalized spacial score (nSPS) is 24.5. The summed E-state index contributed by atoms with van der Waals surface area (Å²) in [5.74, 6) is 0. The van der Waals surface area contributed by atoms with Crippen molar-refractivity contribution in [3.05, 3.63) is 28.2 Å². The molecule has 1 aromatic rings. The molecule has 1 aliphatic heterocycles. The summed E-state index contributed by atoms with van der Waals surface area (Å²) in [6.45, 7) is 5.21. The molecule has 1 saturated heterocycles. The summed E-state index contributed by atoms with van der Waals surface area (Å²) in [7, 11) is 4.17. The first-order valence-corrected chi connectivity index (χ1v) is 7.65. The Labute approximate surface area is 124 Å². The van der Waals surface area contributed by atoms with E-state index in [0.717, 1.165) is 17.5 Å². The number of nitrogens with one attached hydrogen (secondary N) is 1. The molecule has 4 heteroatoms. The van der Waals surface area contributed by atoms with E-state index >= 15 is 0 Å². The van der Waals surface area contributed by atoms with Crippen LogP contribution in [0.15, 0.2) is 22.7 Å². The van der Waals surface area contributed by atoms with Crippen LogP contribution >= 0.6 is 15.9 Å². The summed E-state index contributed by atoms with van der Waals surface area (Å²) in [4.78, 5) is 2.37. The van der Waals surface area contributed by atoms with E-state index in [1.165, 1.54) is 11.3 Å². The average Bonchev–Trinajstić information content (AvgIpc) is 2.83. The summed E-state index contributed by atoms with van der Waals surface area (Å²) >= 11 is 3.58. The van der Waals surface area contributed by atoms with Gasteiger partial charge in [0.1, 0.15) is 0 Å². The number of hydrogen-bond acceptors (Lipinski definition) is 3. The van der Waals surface area contributed by atoms with Gasteiger partial charge in [0.05, 0.1) is 12.1 Å². The number of halogens is 1. The van der Waals surface area contributed by atoms with Crippen LogP contribution in [0.1, 0.15) is 31.9 Å². The van der Waals surface area contributed by atoms with Gasteiger partial charge in [-0.25, -0.2) is 0 Å². The van der Waals surface area contributed by atoms with E-state index in [4.69, 9.17) is 4.74 Å². The predicted octanol–water partition coefficient (Wildman–Crippen LogP) is 3.34. The molecular formula is C15H23BrN2O. The van der Waals surface area contributed by atoms with Crippen LogP contribution in [0.3, 0.4) is 0 Å². The molecule has 1 N–H and O–H groups in total. The molecule has 3 nitrogen and oxygen atoms in total. The molecule has 106 valence electrons. The molecule has 0 spiro atoms. The Morgan fingerprint density at radius 1 is 1.47 bits per heavy atom. The maximum absolute atomic E-state index is 5.70. The lowest BCUT2D eigenvalue weighted by molar-refractivity contribution is 0.118. The predicted molar refractivity (Wildman–Crippen MR) is 83.8 cm³/mol. The molecule has 0 aromatic heterocycles. The number of likely N-dealkylation sites (N-methyl/N-ethyl adjacent to an activating group) is 1. The highest BCUT2D eigenvalue weighted by Gasteiger charge is 2.29. The Balaban J connectivity index is 2.33. The second kappa shape index (κ2) is 6.25. The van der Waals surface area contributed by atoms with Gasteiger partial charge in [-0.3, -0.25) is 0 Å². The van der Waals surface area contributed by atoms with Gasteiger partial charge in [0.2, 0.25) is 0 Å². The number of hydrogen-bond donors (Lipinski definition) is 1. The van der Waals surface area contributed by atoms with Crippen LogP contribution in [0.2, 0.25) is 0 Å². The highest BCUT2D eigenvalue weighted by atomic mass is 79.9. The van der Waals surface area contributed by atoms with Crippen molar-refractivity contribution < 1.29 is 4.74 Å².